The fourth-order valence-electron chi connectivity index (χ4n) is 2.35. The summed E-state index contributed by atoms with van der Waals surface area (Å²) in [7, 11) is 1.67. The molecule has 2 heterocycles. The molecule has 0 spiro atoms. The molecule has 0 aliphatic carbocycles. The predicted molar refractivity (Wildman–Crippen MR) is 72.1 cm³/mol. The van der Waals surface area contributed by atoms with Gasteiger partial charge in [-0.25, -0.2) is 4.68 Å². The molecule has 3 rings (SSSR count). The second kappa shape index (κ2) is 4.42. The number of aryl methyl sites for hydroxylation is 1. The largest absolute Gasteiger partial charge is 0.369 e. The molecule has 5 heteroatoms. The highest BCUT2D eigenvalue weighted by molar-refractivity contribution is 5.84. The Hall–Kier alpha value is -1.88. The van der Waals surface area contributed by atoms with E-state index in [1.807, 2.05) is 12.1 Å². The second-order valence-electron chi connectivity index (χ2n) is 4.58. The van der Waals surface area contributed by atoms with Crippen molar-refractivity contribution in [2.45, 2.75) is 0 Å². The van der Waals surface area contributed by atoms with E-state index in [1.165, 1.54) is 10.4 Å². The van der Waals surface area contributed by atoms with Crippen LogP contribution in [0.3, 0.4) is 0 Å². The molecule has 1 N–H and O–H groups in total. The Balaban J connectivity index is 2.06. The monoisotopic (exact) mass is 244 g/mol. The van der Waals surface area contributed by atoms with Crippen LogP contribution in [0.5, 0.6) is 0 Å². The Kier molecular flexibility index (Phi) is 2.76. The topological polar surface area (TPSA) is 50.2 Å². The van der Waals surface area contributed by atoms with Gasteiger partial charge in [-0.15, -0.1) is 0 Å². The number of fused-ring (bicyclic) bond motifs is 1. The molecule has 0 radical (unpaired) electrons. The van der Waals surface area contributed by atoms with Crippen molar-refractivity contribution < 1.29 is 0 Å². The molecule has 1 aliphatic rings. The van der Waals surface area contributed by atoms with Crippen molar-refractivity contribution in [3.05, 3.63) is 34.7 Å². The zero-order valence-electron chi connectivity index (χ0n) is 10.4. The van der Waals surface area contributed by atoms with E-state index in [0.29, 0.717) is 0 Å². The minimum Gasteiger partial charge on any atom is -0.369 e. The molecule has 1 saturated heterocycles. The molecule has 94 valence electrons. The molecule has 0 atom stereocenters. The normalized spacial score (nSPS) is 16.2. The van der Waals surface area contributed by atoms with Crippen LogP contribution in [-0.4, -0.2) is 36.0 Å². The van der Waals surface area contributed by atoms with Crippen molar-refractivity contribution in [3.63, 3.8) is 0 Å². The summed E-state index contributed by atoms with van der Waals surface area (Å²) in [6.45, 7) is 4.02. The van der Waals surface area contributed by atoms with Crippen LogP contribution in [-0.2, 0) is 7.05 Å². The van der Waals surface area contributed by atoms with E-state index in [-0.39, 0.29) is 5.56 Å². The van der Waals surface area contributed by atoms with E-state index < -0.39 is 0 Å². The first-order chi connectivity index (χ1) is 8.75. The Morgan fingerprint density at radius 3 is 2.83 bits per heavy atom. The van der Waals surface area contributed by atoms with E-state index in [4.69, 9.17) is 0 Å². The number of piperazine rings is 1. The number of nitrogens with one attached hydrogen (secondary N) is 1. The number of hydrogen-bond donors (Lipinski definition) is 1. The lowest BCUT2D eigenvalue weighted by Crippen LogP contribution is -2.43. The first-order valence-electron chi connectivity index (χ1n) is 6.17. The van der Waals surface area contributed by atoms with Crippen molar-refractivity contribution in [2.24, 2.45) is 7.05 Å². The molecule has 5 nitrogen and oxygen atoms in total. The maximum Gasteiger partial charge on any atom is 0.274 e. The Morgan fingerprint density at radius 1 is 1.28 bits per heavy atom. The van der Waals surface area contributed by atoms with Gasteiger partial charge in [0.15, 0.2) is 0 Å². The molecule has 1 aliphatic heterocycles. The van der Waals surface area contributed by atoms with Crippen molar-refractivity contribution >= 4 is 16.5 Å². The summed E-state index contributed by atoms with van der Waals surface area (Å²) in [5.74, 6) is 0. The van der Waals surface area contributed by atoms with Gasteiger partial charge in [-0.1, -0.05) is 0 Å². The maximum atomic E-state index is 11.9. The average Bonchev–Trinajstić information content (AvgIpc) is 2.44. The SMILES string of the molecule is Cn1ncc2cc(N3CCNCC3)ccc2c1=O. The molecule has 2 aromatic rings. The summed E-state index contributed by atoms with van der Waals surface area (Å²) in [5.41, 5.74) is 1.12. The second-order valence-corrected chi connectivity index (χ2v) is 4.58. The van der Waals surface area contributed by atoms with Gasteiger partial charge in [-0.2, -0.15) is 5.10 Å². The van der Waals surface area contributed by atoms with E-state index in [0.717, 1.165) is 37.0 Å². The van der Waals surface area contributed by atoms with Crippen LogP contribution in [0.15, 0.2) is 29.2 Å². The number of nitrogens with zero attached hydrogens (tertiary/aromatic N) is 3. The summed E-state index contributed by atoms with van der Waals surface area (Å²) >= 11 is 0. The quantitative estimate of drug-likeness (QED) is 0.786. The summed E-state index contributed by atoms with van der Waals surface area (Å²) < 4.78 is 1.37. The van der Waals surface area contributed by atoms with Gasteiger partial charge in [-0.3, -0.25) is 4.79 Å². The first-order valence-corrected chi connectivity index (χ1v) is 6.17. The van der Waals surface area contributed by atoms with Crippen LogP contribution >= 0.6 is 0 Å². The fraction of sp³-hybridized carbons (Fsp3) is 0.385. The highest BCUT2D eigenvalue weighted by Gasteiger charge is 2.11. The lowest BCUT2D eigenvalue weighted by Gasteiger charge is -2.29. The molecule has 0 saturated carbocycles. The standard InChI is InChI=1S/C13H16N4O/c1-16-13(18)12-3-2-11(8-10(12)9-15-16)17-6-4-14-5-7-17/h2-3,8-9,14H,4-7H2,1H3. The highest BCUT2D eigenvalue weighted by atomic mass is 16.1. The fourth-order valence-corrected chi connectivity index (χ4v) is 2.35. The van der Waals surface area contributed by atoms with Gasteiger partial charge in [0.1, 0.15) is 0 Å². The zero-order valence-corrected chi connectivity index (χ0v) is 10.4. The summed E-state index contributed by atoms with van der Waals surface area (Å²) in [6.07, 6.45) is 1.75. The number of anilines is 1. The molecule has 0 amide bonds. The van der Waals surface area contributed by atoms with Gasteiger partial charge in [0.05, 0.1) is 11.6 Å². The first kappa shape index (κ1) is 11.2. The van der Waals surface area contributed by atoms with Gasteiger partial charge in [-0.05, 0) is 18.2 Å². The van der Waals surface area contributed by atoms with E-state index in [2.05, 4.69) is 21.4 Å². The van der Waals surface area contributed by atoms with Gasteiger partial charge in [0.25, 0.3) is 5.56 Å². The third kappa shape index (κ3) is 1.86. The number of rotatable bonds is 1. The van der Waals surface area contributed by atoms with Gasteiger partial charge in [0.2, 0.25) is 0 Å². The smallest absolute Gasteiger partial charge is 0.274 e. The van der Waals surface area contributed by atoms with Crippen LogP contribution in [0.4, 0.5) is 5.69 Å². The van der Waals surface area contributed by atoms with Crippen molar-refractivity contribution in [3.8, 4) is 0 Å². The molecule has 0 bridgehead atoms. The molecular weight excluding hydrogens is 228 g/mol. The van der Waals surface area contributed by atoms with Crippen molar-refractivity contribution in [1.82, 2.24) is 15.1 Å². The number of aromatic nitrogens is 2. The lowest BCUT2D eigenvalue weighted by atomic mass is 10.1. The maximum absolute atomic E-state index is 11.9. The van der Waals surface area contributed by atoms with Gasteiger partial charge >= 0.3 is 0 Å². The highest BCUT2D eigenvalue weighted by Crippen LogP contribution is 2.19. The Labute approximate surface area is 105 Å². The van der Waals surface area contributed by atoms with Crippen molar-refractivity contribution in [1.29, 1.82) is 0 Å². The summed E-state index contributed by atoms with van der Waals surface area (Å²) in [4.78, 5) is 14.2. The third-order valence-corrected chi connectivity index (χ3v) is 3.41. The van der Waals surface area contributed by atoms with Crippen molar-refractivity contribution in [2.75, 3.05) is 31.1 Å². The Morgan fingerprint density at radius 2 is 2.06 bits per heavy atom. The molecule has 1 aromatic heterocycles. The van der Waals surface area contributed by atoms with Gasteiger partial charge < -0.3 is 10.2 Å². The van der Waals surface area contributed by atoms with Crippen LogP contribution < -0.4 is 15.8 Å². The molecule has 0 unspecified atom stereocenters. The molecule has 1 aromatic carbocycles. The molecule has 18 heavy (non-hydrogen) atoms. The van der Waals surface area contributed by atoms with Gasteiger partial charge in [0, 0.05) is 44.3 Å². The Bertz CT molecular complexity index is 628. The van der Waals surface area contributed by atoms with Crippen LogP contribution in [0.25, 0.3) is 10.8 Å². The van der Waals surface area contributed by atoms with E-state index >= 15 is 0 Å². The minimum atomic E-state index is -0.0423. The van der Waals surface area contributed by atoms with Crippen LogP contribution in [0, 0.1) is 0 Å². The summed E-state index contributed by atoms with van der Waals surface area (Å²) in [5, 5.41) is 9.04. The zero-order chi connectivity index (χ0) is 12.5. The van der Waals surface area contributed by atoms with Crippen LogP contribution in [0.2, 0.25) is 0 Å². The lowest BCUT2D eigenvalue weighted by molar-refractivity contribution is 0.589. The minimum absolute atomic E-state index is 0.0423. The number of benzene rings is 1. The number of hydrogen-bond acceptors (Lipinski definition) is 4. The van der Waals surface area contributed by atoms with E-state index in [1.54, 1.807) is 13.2 Å². The third-order valence-electron chi connectivity index (χ3n) is 3.41. The molecule has 1 fully saturated rings. The van der Waals surface area contributed by atoms with Crippen LogP contribution in [0.1, 0.15) is 0 Å². The predicted octanol–water partition coefficient (Wildman–Crippen LogP) is 0.343. The summed E-state index contributed by atoms with van der Waals surface area (Å²) in [6, 6.07) is 5.97. The molecular formula is C13H16N4O. The average molecular weight is 244 g/mol. The van der Waals surface area contributed by atoms with E-state index in [9.17, 15) is 4.79 Å².